The van der Waals surface area contributed by atoms with E-state index < -0.39 is 10.0 Å². The number of hydrogen-bond acceptors (Lipinski definition) is 3. The van der Waals surface area contributed by atoms with Gasteiger partial charge in [0, 0.05) is 21.9 Å². The summed E-state index contributed by atoms with van der Waals surface area (Å²) in [6.07, 6.45) is 2.95. The molecular formula is C19H18Br2ClNO3S. The number of halogens is 3. The Kier molecular flexibility index (Phi) is 7.97. The van der Waals surface area contributed by atoms with Crippen LogP contribution in [-0.4, -0.2) is 25.3 Å². The molecule has 27 heavy (non-hydrogen) atoms. The maximum absolute atomic E-state index is 12.1. The molecule has 2 aromatic carbocycles. The normalized spacial score (nSPS) is 11.0. The third kappa shape index (κ3) is 5.38. The van der Waals surface area contributed by atoms with Gasteiger partial charge in [-0.3, -0.25) is 0 Å². The van der Waals surface area contributed by atoms with Gasteiger partial charge >= 0.3 is 0 Å². The van der Waals surface area contributed by atoms with Gasteiger partial charge < -0.3 is 4.74 Å². The van der Waals surface area contributed by atoms with Gasteiger partial charge in [-0.25, -0.2) is 12.4 Å². The Morgan fingerprint density at radius 3 is 2.48 bits per heavy atom. The maximum atomic E-state index is 12.1. The van der Waals surface area contributed by atoms with Crippen LogP contribution in [0.25, 0.3) is 10.9 Å². The first kappa shape index (κ1) is 22.0. The molecule has 3 aromatic rings. The number of para-hydroxylation sites is 1. The predicted molar refractivity (Wildman–Crippen MR) is 119 cm³/mol. The van der Waals surface area contributed by atoms with Crippen molar-refractivity contribution >= 4 is 64.4 Å². The molecule has 0 N–H and O–H groups in total. The van der Waals surface area contributed by atoms with Gasteiger partial charge in [0.15, 0.2) is 0 Å². The lowest BCUT2D eigenvalue weighted by molar-refractivity contribution is 0.412. The van der Waals surface area contributed by atoms with Crippen LogP contribution >= 0.6 is 43.5 Å². The minimum Gasteiger partial charge on any atom is -0.496 e. The van der Waals surface area contributed by atoms with E-state index in [-0.39, 0.29) is 11.6 Å². The summed E-state index contributed by atoms with van der Waals surface area (Å²) >= 11 is 12.6. The van der Waals surface area contributed by atoms with Crippen LogP contribution in [0.4, 0.5) is 0 Å². The lowest BCUT2D eigenvalue weighted by atomic mass is 10.2. The van der Waals surface area contributed by atoms with Crippen LogP contribution in [0.2, 0.25) is 0 Å². The first-order valence-corrected chi connectivity index (χ1v) is 11.5. The molecule has 144 valence electrons. The fraction of sp³-hybridized carbons (Fsp3) is 0.158. The summed E-state index contributed by atoms with van der Waals surface area (Å²) in [5.74, 6) is 1.04. The van der Waals surface area contributed by atoms with Gasteiger partial charge in [0.2, 0.25) is 10.0 Å². The van der Waals surface area contributed by atoms with Crippen LogP contribution in [0, 0.1) is 0 Å². The van der Waals surface area contributed by atoms with Crippen molar-refractivity contribution in [2.45, 2.75) is 5.88 Å². The van der Waals surface area contributed by atoms with E-state index in [0.717, 1.165) is 25.6 Å². The molecule has 0 bridgehead atoms. The molecule has 3 rings (SSSR count). The second kappa shape index (κ2) is 9.78. The molecule has 0 saturated carbocycles. The van der Waals surface area contributed by atoms with Gasteiger partial charge in [0.25, 0.3) is 0 Å². The van der Waals surface area contributed by atoms with E-state index in [1.807, 2.05) is 30.3 Å². The third-order valence-electron chi connectivity index (χ3n) is 3.64. The SMILES string of the molecule is C=CCS(=O)(=O)n1cc(CCl)c2cc(Br)ccc21.COc1ccccc1Br. The zero-order chi connectivity index (χ0) is 20.0. The Balaban J connectivity index is 0.000000244. The number of ether oxygens (including phenoxy) is 1. The molecule has 1 aromatic heterocycles. The van der Waals surface area contributed by atoms with Crippen molar-refractivity contribution in [1.82, 2.24) is 3.97 Å². The number of rotatable bonds is 5. The largest absolute Gasteiger partial charge is 0.496 e. The number of fused-ring (bicyclic) bond motifs is 1. The number of aromatic nitrogens is 1. The zero-order valence-electron chi connectivity index (χ0n) is 14.5. The molecule has 0 atom stereocenters. The number of alkyl halides is 1. The Bertz CT molecular complexity index is 1050. The average Bonchev–Trinajstić information content (AvgIpc) is 3.01. The van der Waals surface area contributed by atoms with E-state index in [1.165, 1.54) is 10.0 Å². The Hall–Kier alpha value is -1.28. The quantitative estimate of drug-likeness (QED) is 0.299. The zero-order valence-corrected chi connectivity index (χ0v) is 19.3. The van der Waals surface area contributed by atoms with Gasteiger partial charge in [0.1, 0.15) is 5.75 Å². The number of methoxy groups -OCH3 is 1. The van der Waals surface area contributed by atoms with E-state index in [9.17, 15) is 8.42 Å². The van der Waals surface area contributed by atoms with Crippen molar-refractivity contribution in [2.24, 2.45) is 0 Å². The molecule has 0 aliphatic rings. The fourth-order valence-corrected chi connectivity index (χ4v) is 4.64. The maximum Gasteiger partial charge on any atom is 0.242 e. The molecule has 0 spiro atoms. The average molecular weight is 536 g/mol. The molecule has 0 saturated heterocycles. The highest BCUT2D eigenvalue weighted by molar-refractivity contribution is 9.10. The molecule has 0 unspecified atom stereocenters. The molecular weight excluding hydrogens is 518 g/mol. The summed E-state index contributed by atoms with van der Waals surface area (Å²) in [4.78, 5) is 0. The Labute approximate surface area is 181 Å². The number of benzene rings is 2. The highest BCUT2D eigenvalue weighted by atomic mass is 79.9. The van der Waals surface area contributed by atoms with Crippen molar-refractivity contribution in [3.8, 4) is 5.75 Å². The Morgan fingerprint density at radius 1 is 1.22 bits per heavy atom. The first-order valence-electron chi connectivity index (χ1n) is 7.82. The van der Waals surface area contributed by atoms with Crippen LogP contribution in [0.1, 0.15) is 5.56 Å². The van der Waals surface area contributed by atoms with Crippen LogP contribution in [0.3, 0.4) is 0 Å². The lowest BCUT2D eigenvalue weighted by Crippen LogP contribution is -2.14. The molecule has 4 nitrogen and oxygen atoms in total. The number of nitrogens with zero attached hydrogens (tertiary/aromatic N) is 1. The molecule has 0 fully saturated rings. The van der Waals surface area contributed by atoms with Gasteiger partial charge in [-0.2, -0.15) is 0 Å². The summed E-state index contributed by atoms with van der Waals surface area (Å²) in [7, 11) is -1.76. The summed E-state index contributed by atoms with van der Waals surface area (Å²) in [6, 6.07) is 13.2. The summed E-state index contributed by atoms with van der Waals surface area (Å²) in [6.45, 7) is 3.47. The van der Waals surface area contributed by atoms with E-state index in [4.69, 9.17) is 16.3 Å². The summed E-state index contributed by atoms with van der Waals surface area (Å²) in [5, 5.41) is 0.840. The van der Waals surface area contributed by atoms with Gasteiger partial charge in [-0.1, -0.05) is 34.1 Å². The van der Waals surface area contributed by atoms with Crippen molar-refractivity contribution in [2.75, 3.05) is 12.9 Å². The lowest BCUT2D eigenvalue weighted by Gasteiger charge is -2.04. The minimum absolute atomic E-state index is 0.103. The number of hydrogen-bond donors (Lipinski definition) is 0. The van der Waals surface area contributed by atoms with Crippen LogP contribution in [0.15, 0.2) is 70.3 Å². The molecule has 0 aliphatic carbocycles. The summed E-state index contributed by atoms with van der Waals surface area (Å²) in [5.41, 5.74) is 1.43. The molecule has 0 aliphatic heterocycles. The third-order valence-corrected chi connectivity index (χ3v) is 6.64. The monoisotopic (exact) mass is 533 g/mol. The van der Waals surface area contributed by atoms with E-state index in [2.05, 4.69) is 38.4 Å². The fourth-order valence-electron chi connectivity index (χ4n) is 2.41. The predicted octanol–water partition coefficient (Wildman–Crippen LogP) is 5.96. The molecule has 0 radical (unpaired) electrons. The van der Waals surface area contributed by atoms with Crippen molar-refractivity contribution in [3.05, 3.63) is 75.8 Å². The smallest absolute Gasteiger partial charge is 0.242 e. The van der Waals surface area contributed by atoms with Crippen LogP contribution in [0.5, 0.6) is 5.75 Å². The second-order valence-electron chi connectivity index (χ2n) is 5.45. The van der Waals surface area contributed by atoms with Gasteiger partial charge in [-0.15, -0.1) is 18.2 Å². The highest BCUT2D eigenvalue weighted by Gasteiger charge is 2.17. The van der Waals surface area contributed by atoms with Crippen molar-refractivity contribution < 1.29 is 13.2 Å². The van der Waals surface area contributed by atoms with Crippen LogP contribution < -0.4 is 4.74 Å². The van der Waals surface area contributed by atoms with Crippen LogP contribution in [-0.2, 0) is 15.9 Å². The standard InChI is InChI=1S/C12H11BrClNO2S.C7H7BrO/c1-2-5-18(16,17)15-8-9(7-14)11-6-10(13)3-4-12(11)15;1-9-7-5-3-2-4-6(7)8/h2-4,6,8H,1,5,7H2;2-5H,1H3. The summed E-state index contributed by atoms with van der Waals surface area (Å²) < 4.78 is 32.3. The van der Waals surface area contributed by atoms with E-state index in [1.54, 1.807) is 25.4 Å². The minimum atomic E-state index is -3.41. The molecule has 0 amide bonds. The topological polar surface area (TPSA) is 48.3 Å². The van der Waals surface area contributed by atoms with Crippen molar-refractivity contribution in [3.63, 3.8) is 0 Å². The molecule has 1 heterocycles. The highest BCUT2D eigenvalue weighted by Crippen LogP contribution is 2.27. The Morgan fingerprint density at radius 2 is 1.93 bits per heavy atom. The van der Waals surface area contributed by atoms with Gasteiger partial charge in [0.05, 0.1) is 22.9 Å². The second-order valence-corrected chi connectivity index (χ2v) is 9.37. The van der Waals surface area contributed by atoms with Gasteiger partial charge in [-0.05, 0) is 51.8 Å². The first-order chi connectivity index (χ1) is 12.8. The van der Waals surface area contributed by atoms with Crippen molar-refractivity contribution in [1.29, 1.82) is 0 Å². The van der Waals surface area contributed by atoms with E-state index >= 15 is 0 Å². The van der Waals surface area contributed by atoms with E-state index in [0.29, 0.717) is 5.52 Å². The molecule has 8 heteroatoms.